The second-order valence-corrected chi connectivity index (χ2v) is 12.4. The molecule has 0 bridgehead atoms. The van der Waals surface area contributed by atoms with E-state index in [9.17, 15) is 0 Å². The number of aryl methyl sites for hydroxylation is 2. The molecule has 0 saturated carbocycles. The number of nitrogens with zero attached hydrogens (tertiary/aromatic N) is 2. The van der Waals surface area contributed by atoms with E-state index < -0.39 is 0 Å². The van der Waals surface area contributed by atoms with Gasteiger partial charge in [0.1, 0.15) is 11.2 Å². The Kier molecular flexibility index (Phi) is 6.26. The maximum absolute atomic E-state index is 6.22. The molecule has 0 atom stereocenters. The molecule has 0 N–H and O–H groups in total. The Morgan fingerprint density at radius 1 is 0.447 bits per heavy atom. The van der Waals surface area contributed by atoms with Crippen LogP contribution in [0, 0.1) is 13.8 Å². The summed E-state index contributed by atoms with van der Waals surface area (Å²) in [5.74, 6) is 0. The maximum Gasteiger partial charge on any atom is 0.135 e. The van der Waals surface area contributed by atoms with E-state index in [-0.39, 0.29) is 0 Å². The van der Waals surface area contributed by atoms with Gasteiger partial charge in [-0.2, -0.15) is 0 Å². The van der Waals surface area contributed by atoms with E-state index in [2.05, 4.69) is 169 Å². The van der Waals surface area contributed by atoms with E-state index >= 15 is 0 Å². The summed E-state index contributed by atoms with van der Waals surface area (Å²) >= 11 is 0. The molecular formula is C44H32N2O. The zero-order chi connectivity index (χ0) is 31.5. The number of aromatic nitrogens is 1. The SMILES string of the molecule is Cc1ccc(N(c2ccc3oc4ccccc4c3c2)c2ccccc2-c2ccccc2-n2c3ccccc3c3cc(C)ccc32)cc1. The van der Waals surface area contributed by atoms with Crippen molar-refractivity contribution in [3.05, 3.63) is 169 Å². The van der Waals surface area contributed by atoms with Gasteiger partial charge in [0.2, 0.25) is 0 Å². The van der Waals surface area contributed by atoms with Gasteiger partial charge in [-0.15, -0.1) is 0 Å². The molecule has 3 nitrogen and oxygen atoms in total. The third kappa shape index (κ3) is 4.43. The summed E-state index contributed by atoms with van der Waals surface area (Å²) in [6.45, 7) is 4.30. The van der Waals surface area contributed by atoms with Gasteiger partial charge in [0.15, 0.2) is 0 Å². The number of fused-ring (bicyclic) bond motifs is 6. The smallest absolute Gasteiger partial charge is 0.135 e. The molecule has 0 aliphatic rings. The first-order chi connectivity index (χ1) is 23.1. The zero-order valence-electron chi connectivity index (χ0n) is 26.3. The molecule has 0 fully saturated rings. The molecule has 2 aromatic heterocycles. The molecule has 0 saturated heterocycles. The molecule has 7 aromatic carbocycles. The topological polar surface area (TPSA) is 21.3 Å². The fraction of sp³-hybridized carbons (Fsp3) is 0.0455. The second-order valence-electron chi connectivity index (χ2n) is 12.4. The number of benzene rings is 7. The molecule has 0 unspecified atom stereocenters. The summed E-state index contributed by atoms with van der Waals surface area (Å²) in [6.07, 6.45) is 0. The predicted molar refractivity (Wildman–Crippen MR) is 198 cm³/mol. The summed E-state index contributed by atoms with van der Waals surface area (Å²) in [7, 11) is 0. The quantitative estimate of drug-likeness (QED) is 0.195. The van der Waals surface area contributed by atoms with Crippen LogP contribution >= 0.6 is 0 Å². The minimum absolute atomic E-state index is 0.888. The first-order valence-corrected chi connectivity index (χ1v) is 16.1. The Morgan fingerprint density at radius 2 is 1.09 bits per heavy atom. The lowest BCUT2D eigenvalue weighted by Crippen LogP contribution is -2.11. The summed E-state index contributed by atoms with van der Waals surface area (Å²) in [4.78, 5) is 2.38. The highest BCUT2D eigenvalue weighted by Crippen LogP contribution is 2.45. The van der Waals surface area contributed by atoms with Crippen molar-refractivity contribution in [2.75, 3.05) is 4.90 Å². The van der Waals surface area contributed by atoms with E-state index in [1.54, 1.807) is 0 Å². The number of anilines is 3. The normalized spacial score (nSPS) is 11.6. The number of furan rings is 1. The van der Waals surface area contributed by atoms with Crippen molar-refractivity contribution >= 4 is 60.8 Å². The van der Waals surface area contributed by atoms with E-state index in [0.717, 1.165) is 50.3 Å². The first-order valence-electron chi connectivity index (χ1n) is 16.1. The van der Waals surface area contributed by atoms with Crippen LogP contribution in [-0.4, -0.2) is 4.57 Å². The predicted octanol–water partition coefficient (Wildman–Crippen LogP) is 12.4. The second kappa shape index (κ2) is 10.8. The monoisotopic (exact) mass is 604 g/mol. The van der Waals surface area contributed by atoms with E-state index in [0.29, 0.717) is 0 Å². The third-order valence-electron chi connectivity index (χ3n) is 9.32. The van der Waals surface area contributed by atoms with Gasteiger partial charge in [0.05, 0.1) is 22.4 Å². The molecule has 0 amide bonds. The molecule has 0 aliphatic heterocycles. The molecule has 9 rings (SSSR count). The van der Waals surface area contributed by atoms with Crippen LogP contribution in [-0.2, 0) is 0 Å². The standard InChI is InChI=1S/C44H32N2O/c1-29-19-22-31(23-20-29)45(32-24-26-44-38(28-32)36-14-6-10-18-43(36)47-44)39-15-7-3-11-33(39)34-12-4-8-16-40(34)46-41-17-9-5-13-35(41)37-27-30(2)21-25-42(37)46/h3-28H,1-2H3. The molecule has 0 spiro atoms. The van der Waals surface area contributed by atoms with Crippen LogP contribution in [0.1, 0.15) is 11.1 Å². The van der Waals surface area contributed by atoms with Crippen LogP contribution in [0.5, 0.6) is 0 Å². The Balaban J connectivity index is 1.30. The maximum atomic E-state index is 6.22. The van der Waals surface area contributed by atoms with Crippen LogP contribution in [0.3, 0.4) is 0 Å². The average Bonchev–Trinajstić information content (AvgIpc) is 3.65. The van der Waals surface area contributed by atoms with Gasteiger partial charge in [-0.25, -0.2) is 0 Å². The van der Waals surface area contributed by atoms with Crippen LogP contribution in [0.4, 0.5) is 17.1 Å². The van der Waals surface area contributed by atoms with Crippen LogP contribution < -0.4 is 4.90 Å². The van der Waals surface area contributed by atoms with Gasteiger partial charge in [-0.05, 0) is 80.6 Å². The number of hydrogen-bond donors (Lipinski definition) is 0. The van der Waals surface area contributed by atoms with Crippen molar-refractivity contribution in [1.82, 2.24) is 4.57 Å². The third-order valence-corrected chi connectivity index (χ3v) is 9.32. The summed E-state index contributed by atoms with van der Waals surface area (Å²) in [5.41, 5.74) is 13.4. The Bertz CT molecular complexity index is 2600. The summed E-state index contributed by atoms with van der Waals surface area (Å²) in [6, 6.07) is 56.7. The Labute approximate surface area is 273 Å². The number of rotatable bonds is 5. The molecule has 9 aromatic rings. The van der Waals surface area contributed by atoms with Crippen molar-refractivity contribution in [2.45, 2.75) is 13.8 Å². The lowest BCUT2D eigenvalue weighted by molar-refractivity contribution is 0.669. The van der Waals surface area contributed by atoms with Crippen molar-refractivity contribution in [1.29, 1.82) is 0 Å². The first kappa shape index (κ1) is 27.3. The molecule has 3 heteroatoms. The van der Waals surface area contributed by atoms with Crippen molar-refractivity contribution in [3.63, 3.8) is 0 Å². The summed E-state index contributed by atoms with van der Waals surface area (Å²) in [5, 5.41) is 4.75. The number of para-hydroxylation sites is 4. The van der Waals surface area contributed by atoms with Gasteiger partial charge < -0.3 is 13.9 Å². The van der Waals surface area contributed by atoms with Crippen LogP contribution in [0.15, 0.2) is 162 Å². The van der Waals surface area contributed by atoms with Crippen molar-refractivity contribution < 1.29 is 4.42 Å². The highest BCUT2D eigenvalue weighted by Gasteiger charge is 2.21. The van der Waals surface area contributed by atoms with E-state index in [1.807, 2.05) is 12.1 Å². The molecule has 0 aliphatic carbocycles. The van der Waals surface area contributed by atoms with Gasteiger partial charge in [0.25, 0.3) is 0 Å². The minimum atomic E-state index is 0.888. The highest BCUT2D eigenvalue weighted by atomic mass is 16.3. The minimum Gasteiger partial charge on any atom is -0.456 e. The molecule has 224 valence electrons. The molecule has 47 heavy (non-hydrogen) atoms. The Morgan fingerprint density at radius 3 is 1.96 bits per heavy atom. The van der Waals surface area contributed by atoms with Crippen molar-refractivity contribution in [3.8, 4) is 16.8 Å². The van der Waals surface area contributed by atoms with E-state index in [1.165, 1.54) is 38.5 Å². The molecule has 0 radical (unpaired) electrons. The van der Waals surface area contributed by atoms with Gasteiger partial charge in [0, 0.05) is 44.0 Å². The van der Waals surface area contributed by atoms with Gasteiger partial charge >= 0.3 is 0 Å². The van der Waals surface area contributed by atoms with Crippen LogP contribution in [0.2, 0.25) is 0 Å². The lowest BCUT2D eigenvalue weighted by Gasteiger charge is -2.28. The number of hydrogen-bond acceptors (Lipinski definition) is 2. The average molecular weight is 605 g/mol. The Hall–Kier alpha value is -6.06. The van der Waals surface area contributed by atoms with Crippen molar-refractivity contribution in [2.24, 2.45) is 0 Å². The van der Waals surface area contributed by atoms with Crippen LogP contribution in [0.25, 0.3) is 60.6 Å². The summed E-state index contributed by atoms with van der Waals surface area (Å²) < 4.78 is 8.65. The van der Waals surface area contributed by atoms with E-state index in [4.69, 9.17) is 4.42 Å². The highest BCUT2D eigenvalue weighted by molar-refractivity contribution is 6.10. The lowest BCUT2D eigenvalue weighted by atomic mass is 9.99. The van der Waals surface area contributed by atoms with Gasteiger partial charge in [-0.1, -0.05) is 102 Å². The fourth-order valence-corrected chi connectivity index (χ4v) is 7.11. The van der Waals surface area contributed by atoms with Gasteiger partial charge in [-0.3, -0.25) is 0 Å². The molecule has 2 heterocycles. The zero-order valence-corrected chi connectivity index (χ0v) is 26.3. The largest absolute Gasteiger partial charge is 0.456 e. The molecular weight excluding hydrogens is 572 g/mol. The fourth-order valence-electron chi connectivity index (χ4n) is 7.11.